The molecule has 0 spiro atoms. The van der Waals surface area contributed by atoms with Crippen LogP contribution in [0.4, 0.5) is 0 Å². The van der Waals surface area contributed by atoms with E-state index in [2.05, 4.69) is 17.2 Å². The number of pyridine rings is 1. The zero-order valence-electron chi connectivity index (χ0n) is 14.1. The molecule has 0 bridgehead atoms. The molecule has 2 aromatic rings. The van der Waals surface area contributed by atoms with Crippen LogP contribution in [0.3, 0.4) is 0 Å². The molecule has 0 atom stereocenters. The molecule has 0 saturated heterocycles. The number of hydrogen-bond donors (Lipinski definition) is 3. The van der Waals surface area contributed by atoms with Crippen LogP contribution in [0.5, 0.6) is 0 Å². The monoisotopic (exact) mass is 330 g/mol. The van der Waals surface area contributed by atoms with Crippen molar-refractivity contribution >= 4 is 5.97 Å². The number of carboxylic acids is 1. The molecule has 0 fully saturated rings. The SMILES string of the molecule is CCCCCNCc1ccc(C(=O)O)cc1.OCc1cccnc1. The van der Waals surface area contributed by atoms with Crippen molar-refractivity contribution in [3.8, 4) is 0 Å². The van der Waals surface area contributed by atoms with Gasteiger partial charge in [-0.1, -0.05) is 38.0 Å². The van der Waals surface area contributed by atoms with E-state index in [1.54, 1.807) is 30.6 Å². The van der Waals surface area contributed by atoms with E-state index >= 15 is 0 Å². The number of nitrogens with zero attached hydrogens (tertiary/aromatic N) is 1. The molecule has 0 radical (unpaired) electrons. The molecular formula is C19H26N2O3. The molecule has 1 heterocycles. The van der Waals surface area contributed by atoms with Gasteiger partial charge < -0.3 is 15.5 Å². The topological polar surface area (TPSA) is 82.5 Å². The number of hydrogen-bond acceptors (Lipinski definition) is 4. The molecule has 24 heavy (non-hydrogen) atoms. The van der Waals surface area contributed by atoms with Gasteiger partial charge in [-0.15, -0.1) is 0 Å². The van der Waals surface area contributed by atoms with Gasteiger partial charge in [0.2, 0.25) is 0 Å². The van der Waals surface area contributed by atoms with E-state index in [0.717, 1.165) is 24.2 Å². The van der Waals surface area contributed by atoms with Crippen LogP contribution in [-0.2, 0) is 13.2 Å². The van der Waals surface area contributed by atoms with E-state index < -0.39 is 5.97 Å². The third-order valence-electron chi connectivity index (χ3n) is 3.39. The third-order valence-corrected chi connectivity index (χ3v) is 3.39. The predicted octanol–water partition coefficient (Wildman–Crippen LogP) is 3.24. The summed E-state index contributed by atoms with van der Waals surface area (Å²) in [7, 11) is 0. The zero-order chi connectivity index (χ0) is 17.6. The van der Waals surface area contributed by atoms with Gasteiger partial charge in [0.05, 0.1) is 12.2 Å². The minimum Gasteiger partial charge on any atom is -0.478 e. The summed E-state index contributed by atoms with van der Waals surface area (Å²) in [6.07, 6.45) is 7.00. The fraction of sp³-hybridized carbons (Fsp3) is 0.368. The Kier molecular flexibility index (Phi) is 10.1. The molecule has 0 amide bonds. The Morgan fingerprint density at radius 2 is 1.88 bits per heavy atom. The second-order valence-corrected chi connectivity index (χ2v) is 5.41. The Morgan fingerprint density at radius 3 is 2.38 bits per heavy atom. The first kappa shape index (κ1) is 19.8. The quantitative estimate of drug-likeness (QED) is 0.647. The standard InChI is InChI=1S/C13H19NO2.C6H7NO/c1-2-3-4-9-14-10-11-5-7-12(8-6-11)13(15)16;8-5-6-2-1-3-7-4-6/h5-8,14H,2-4,9-10H2,1H3,(H,15,16);1-4,8H,5H2. The molecule has 5 heteroatoms. The minimum atomic E-state index is -0.873. The van der Waals surface area contributed by atoms with Crippen molar-refractivity contribution in [3.63, 3.8) is 0 Å². The smallest absolute Gasteiger partial charge is 0.335 e. The van der Waals surface area contributed by atoms with Crippen molar-refractivity contribution in [1.82, 2.24) is 10.3 Å². The molecule has 5 nitrogen and oxygen atoms in total. The van der Waals surface area contributed by atoms with Crippen molar-refractivity contribution in [2.24, 2.45) is 0 Å². The lowest BCUT2D eigenvalue weighted by Gasteiger charge is -2.04. The van der Waals surface area contributed by atoms with Gasteiger partial charge in [-0.3, -0.25) is 4.98 Å². The van der Waals surface area contributed by atoms with Gasteiger partial charge >= 0.3 is 5.97 Å². The summed E-state index contributed by atoms with van der Waals surface area (Å²) in [6.45, 7) is 4.09. The number of unbranched alkanes of at least 4 members (excludes halogenated alkanes) is 2. The van der Waals surface area contributed by atoms with Crippen molar-refractivity contribution < 1.29 is 15.0 Å². The van der Waals surface area contributed by atoms with E-state index in [4.69, 9.17) is 10.2 Å². The Hall–Kier alpha value is -2.24. The Balaban J connectivity index is 0.000000300. The summed E-state index contributed by atoms with van der Waals surface area (Å²) in [4.78, 5) is 14.4. The number of benzene rings is 1. The zero-order valence-corrected chi connectivity index (χ0v) is 14.1. The Morgan fingerprint density at radius 1 is 1.12 bits per heavy atom. The summed E-state index contributed by atoms with van der Waals surface area (Å²) in [5, 5.41) is 20.6. The molecule has 0 aliphatic rings. The van der Waals surface area contributed by atoms with E-state index in [0.29, 0.717) is 5.56 Å². The number of nitrogens with one attached hydrogen (secondary N) is 1. The summed E-state index contributed by atoms with van der Waals surface area (Å²) < 4.78 is 0. The highest BCUT2D eigenvalue weighted by Crippen LogP contribution is 2.04. The molecule has 0 unspecified atom stereocenters. The second kappa shape index (κ2) is 12.2. The maximum Gasteiger partial charge on any atom is 0.335 e. The number of aromatic carboxylic acids is 1. The molecule has 0 aliphatic carbocycles. The lowest BCUT2D eigenvalue weighted by molar-refractivity contribution is 0.0697. The van der Waals surface area contributed by atoms with Crippen LogP contribution >= 0.6 is 0 Å². The van der Waals surface area contributed by atoms with Crippen LogP contribution in [-0.4, -0.2) is 27.7 Å². The molecule has 3 N–H and O–H groups in total. The maximum absolute atomic E-state index is 10.6. The van der Waals surface area contributed by atoms with E-state index in [1.165, 1.54) is 19.3 Å². The number of aliphatic hydroxyl groups excluding tert-OH is 1. The van der Waals surface area contributed by atoms with Gasteiger partial charge in [-0.25, -0.2) is 4.79 Å². The van der Waals surface area contributed by atoms with Gasteiger partial charge in [-0.2, -0.15) is 0 Å². The van der Waals surface area contributed by atoms with E-state index in [-0.39, 0.29) is 6.61 Å². The van der Waals surface area contributed by atoms with Crippen LogP contribution in [0.15, 0.2) is 48.8 Å². The molecule has 0 aliphatic heterocycles. The van der Waals surface area contributed by atoms with Crippen LogP contribution in [0.25, 0.3) is 0 Å². The molecular weight excluding hydrogens is 304 g/mol. The van der Waals surface area contributed by atoms with E-state index in [9.17, 15) is 4.79 Å². The molecule has 130 valence electrons. The van der Waals surface area contributed by atoms with Crippen molar-refractivity contribution in [2.45, 2.75) is 39.3 Å². The van der Waals surface area contributed by atoms with Crippen molar-refractivity contribution in [1.29, 1.82) is 0 Å². The largest absolute Gasteiger partial charge is 0.478 e. The van der Waals surface area contributed by atoms with E-state index in [1.807, 2.05) is 18.2 Å². The Bertz CT molecular complexity index is 571. The highest BCUT2D eigenvalue weighted by molar-refractivity contribution is 5.87. The Labute approximate surface area is 143 Å². The summed E-state index contributed by atoms with van der Waals surface area (Å²) in [5.74, 6) is -0.873. The van der Waals surface area contributed by atoms with Gasteiger partial charge in [0.1, 0.15) is 0 Å². The van der Waals surface area contributed by atoms with Gasteiger partial charge in [0, 0.05) is 18.9 Å². The fourth-order valence-electron chi connectivity index (χ4n) is 1.99. The van der Waals surface area contributed by atoms with Crippen molar-refractivity contribution in [2.75, 3.05) is 6.54 Å². The van der Waals surface area contributed by atoms with Crippen LogP contribution in [0.1, 0.15) is 47.7 Å². The molecule has 2 rings (SSSR count). The predicted molar refractivity (Wildman–Crippen MR) is 94.8 cm³/mol. The van der Waals surface area contributed by atoms with Crippen LogP contribution < -0.4 is 5.32 Å². The highest BCUT2D eigenvalue weighted by atomic mass is 16.4. The summed E-state index contributed by atoms with van der Waals surface area (Å²) >= 11 is 0. The fourth-order valence-corrected chi connectivity index (χ4v) is 1.99. The number of rotatable bonds is 8. The maximum atomic E-state index is 10.6. The lowest BCUT2D eigenvalue weighted by Crippen LogP contribution is -2.14. The lowest BCUT2D eigenvalue weighted by atomic mass is 10.1. The first-order valence-corrected chi connectivity index (χ1v) is 8.20. The first-order valence-electron chi connectivity index (χ1n) is 8.20. The average molecular weight is 330 g/mol. The molecule has 1 aromatic carbocycles. The second-order valence-electron chi connectivity index (χ2n) is 5.41. The molecule has 1 aromatic heterocycles. The highest BCUT2D eigenvalue weighted by Gasteiger charge is 2.00. The number of aliphatic hydroxyl groups is 1. The van der Waals surface area contributed by atoms with Crippen molar-refractivity contribution in [3.05, 3.63) is 65.5 Å². The average Bonchev–Trinajstić information content (AvgIpc) is 2.63. The number of aromatic nitrogens is 1. The van der Waals surface area contributed by atoms with Gasteiger partial charge in [0.15, 0.2) is 0 Å². The first-order chi connectivity index (χ1) is 11.7. The van der Waals surface area contributed by atoms with Crippen LogP contribution in [0, 0.1) is 0 Å². The molecule has 0 saturated carbocycles. The number of carboxylic acid groups (broad SMARTS) is 1. The number of carbonyl (C=O) groups is 1. The normalized spacial score (nSPS) is 9.92. The van der Waals surface area contributed by atoms with Gasteiger partial charge in [-0.05, 0) is 42.3 Å². The minimum absolute atomic E-state index is 0.0772. The van der Waals surface area contributed by atoms with Gasteiger partial charge in [0.25, 0.3) is 0 Å². The summed E-state index contributed by atoms with van der Waals surface area (Å²) in [5.41, 5.74) is 2.32. The summed E-state index contributed by atoms with van der Waals surface area (Å²) in [6, 6.07) is 10.6. The third kappa shape index (κ3) is 8.41. The van der Waals surface area contributed by atoms with Crippen LogP contribution in [0.2, 0.25) is 0 Å².